The highest BCUT2D eigenvalue weighted by Gasteiger charge is 1.88. The van der Waals surface area contributed by atoms with Gasteiger partial charge in [0.05, 0.1) is 0 Å². The SMILES string of the molecule is CCCC/[C]=N/OCc1ccccc1. The molecule has 0 aliphatic heterocycles. The van der Waals surface area contributed by atoms with Gasteiger partial charge in [-0.3, -0.25) is 0 Å². The number of hydrogen-bond acceptors (Lipinski definition) is 2. The molecule has 1 aromatic carbocycles. The van der Waals surface area contributed by atoms with Crippen LogP contribution in [0.15, 0.2) is 35.5 Å². The smallest absolute Gasteiger partial charge is 0.142 e. The molecule has 0 saturated heterocycles. The minimum absolute atomic E-state index is 0.528. The maximum atomic E-state index is 5.08. The zero-order valence-electron chi connectivity index (χ0n) is 8.57. The first-order chi connectivity index (χ1) is 6.93. The van der Waals surface area contributed by atoms with Gasteiger partial charge in [0.25, 0.3) is 0 Å². The van der Waals surface area contributed by atoms with Gasteiger partial charge in [0.15, 0.2) is 0 Å². The summed E-state index contributed by atoms with van der Waals surface area (Å²) < 4.78 is 0. The van der Waals surface area contributed by atoms with E-state index >= 15 is 0 Å². The molecule has 0 aliphatic rings. The molecular formula is C12H16NO. The number of benzene rings is 1. The average Bonchev–Trinajstić information content (AvgIpc) is 2.25. The molecule has 14 heavy (non-hydrogen) atoms. The number of hydrogen-bond donors (Lipinski definition) is 0. The van der Waals surface area contributed by atoms with E-state index in [0.29, 0.717) is 6.61 Å². The summed E-state index contributed by atoms with van der Waals surface area (Å²) >= 11 is 0. The maximum absolute atomic E-state index is 5.08. The van der Waals surface area contributed by atoms with Crippen molar-refractivity contribution in [1.29, 1.82) is 0 Å². The van der Waals surface area contributed by atoms with Crippen molar-refractivity contribution >= 4 is 6.21 Å². The van der Waals surface area contributed by atoms with E-state index in [4.69, 9.17) is 4.84 Å². The van der Waals surface area contributed by atoms with E-state index in [0.717, 1.165) is 18.4 Å². The van der Waals surface area contributed by atoms with Crippen LogP contribution in [-0.4, -0.2) is 6.21 Å². The Kier molecular flexibility index (Phi) is 5.48. The van der Waals surface area contributed by atoms with Crippen LogP contribution in [0.1, 0.15) is 31.7 Å². The molecule has 2 nitrogen and oxygen atoms in total. The minimum Gasteiger partial charge on any atom is -0.391 e. The lowest BCUT2D eigenvalue weighted by molar-refractivity contribution is 0.131. The first kappa shape index (κ1) is 10.8. The second-order valence-corrected chi connectivity index (χ2v) is 3.11. The van der Waals surface area contributed by atoms with Gasteiger partial charge in [-0.25, -0.2) is 0 Å². The van der Waals surface area contributed by atoms with Crippen molar-refractivity contribution in [2.75, 3.05) is 0 Å². The molecule has 1 radical (unpaired) electrons. The van der Waals surface area contributed by atoms with Crippen LogP contribution in [0.5, 0.6) is 0 Å². The Morgan fingerprint density at radius 2 is 2.07 bits per heavy atom. The molecule has 0 N–H and O–H groups in total. The standard InChI is InChI=1S/C12H16NO/c1-2-3-7-10-13-14-11-12-8-5-4-6-9-12/h4-6,8-9H,2-3,7,11H2,1H3. The third-order valence-corrected chi connectivity index (χ3v) is 1.85. The van der Waals surface area contributed by atoms with Gasteiger partial charge in [-0.1, -0.05) is 48.8 Å². The Morgan fingerprint density at radius 3 is 2.79 bits per heavy atom. The Hall–Kier alpha value is -1.31. The highest BCUT2D eigenvalue weighted by Crippen LogP contribution is 2.00. The summed E-state index contributed by atoms with van der Waals surface area (Å²) in [6.45, 7) is 2.67. The Labute approximate surface area is 85.6 Å². The van der Waals surface area contributed by atoms with Gasteiger partial charge >= 0.3 is 0 Å². The van der Waals surface area contributed by atoms with Crippen LogP contribution < -0.4 is 0 Å². The molecule has 0 spiro atoms. The van der Waals surface area contributed by atoms with Crippen LogP contribution in [0.3, 0.4) is 0 Å². The highest BCUT2D eigenvalue weighted by molar-refractivity contribution is 5.56. The molecule has 0 unspecified atom stereocenters. The predicted octanol–water partition coefficient (Wildman–Crippen LogP) is 3.26. The monoisotopic (exact) mass is 190 g/mol. The van der Waals surface area contributed by atoms with Crippen molar-refractivity contribution < 1.29 is 4.84 Å². The highest BCUT2D eigenvalue weighted by atomic mass is 16.6. The number of rotatable bonds is 6. The average molecular weight is 190 g/mol. The second-order valence-electron chi connectivity index (χ2n) is 3.11. The summed E-state index contributed by atoms with van der Waals surface area (Å²) in [5, 5.41) is 3.75. The van der Waals surface area contributed by atoms with E-state index in [-0.39, 0.29) is 0 Å². The lowest BCUT2D eigenvalue weighted by Crippen LogP contribution is -1.86. The topological polar surface area (TPSA) is 21.6 Å². The van der Waals surface area contributed by atoms with Crippen LogP contribution in [-0.2, 0) is 11.4 Å². The molecule has 1 aromatic rings. The van der Waals surface area contributed by atoms with E-state index in [1.54, 1.807) is 0 Å². The quantitative estimate of drug-likeness (QED) is 0.383. The maximum Gasteiger partial charge on any atom is 0.142 e. The molecule has 1 rings (SSSR count). The fourth-order valence-corrected chi connectivity index (χ4v) is 1.03. The van der Waals surface area contributed by atoms with E-state index < -0.39 is 0 Å². The van der Waals surface area contributed by atoms with Crippen molar-refractivity contribution in [1.82, 2.24) is 0 Å². The van der Waals surface area contributed by atoms with Crippen molar-refractivity contribution in [3.63, 3.8) is 0 Å². The number of nitrogens with zero attached hydrogens (tertiary/aromatic N) is 1. The van der Waals surface area contributed by atoms with Gasteiger partial charge in [-0.05, 0) is 18.4 Å². The molecule has 0 fully saturated rings. The summed E-state index contributed by atoms with van der Waals surface area (Å²) in [5.74, 6) is 0. The summed E-state index contributed by atoms with van der Waals surface area (Å²) in [6.07, 6.45) is 6.03. The third kappa shape index (κ3) is 4.65. The minimum atomic E-state index is 0.528. The van der Waals surface area contributed by atoms with Crippen molar-refractivity contribution in [3.05, 3.63) is 35.9 Å². The summed E-state index contributed by atoms with van der Waals surface area (Å²) in [4.78, 5) is 5.08. The van der Waals surface area contributed by atoms with Crippen LogP contribution in [0, 0.1) is 0 Å². The van der Waals surface area contributed by atoms with Crippen LogP contribution in [0.2, 0.25) is 0 Å². The molecule has 0 heterocycles. The molecule has 2 heteroatoms. The van der Waals surface area contributed by atoms with Gasteiger partial charge in [0, 0.05) is 0 Å². The third-order valence-electron chi connectivity index (χ3n) is 1.85. The normalized spacial score (nSPS) is 10.6. The Bertz CT molecular complexity index is 256. The molecule has 0 bridgehead atoms. The lowest BCUT2D eigenvalue weighted by atomic mass is 10.2. The summed E-state index contributed by atoms with van der Waals surface area (Å²) in [6, 6.07) is 10.00. The predicted molar refractivity (Wildman–Crippen MR) is 58.2 cm³/mol. The van der Waals surface area contributed by atoms with Gasteiger partial charge in [0.2, 0.25) is 0 Å². The van der Waals surface area contributed by atoms with Crippen LogP contribution in [0.25, 0.3) is 0 Å². The first-order valence-electron chi connectivity index (χ1n) is 5.02. The van der Waals surface area contributed by atoms with Gasteiger partial charge in [-0.2, -0.15) is 0 Å². The molecule has 0 saturated carbocycles. The molecule has 0 amide bonds. The fourth-order valence-electron chi connectivity index (χ4n) is 1.03. The second kappa shape index (κ2) is 7.13. The van der Waals surface area contributed by atoms with Crippen LogP contribution >= 0.6 is 0 Å². The van der Waals surface area contributed by atoms with E-state index in [1.165, 1.54) is 6.42 Å². The molecule has 0 aliphatic carbocycles. The van der Waals surface area contributed by atoms with Gasteiger partial charge < -0.3 is 4.84 Å². The first-order valence-corrected chi connectivity index (χ1v) is 5.02. The van der Waals surface area contributed by atoms with Crippen LogP contribution in [0.4, 0.5) is 0 Å². The zero-order valence-corrected chi connectivity index (χ0v) is 8.57. The van der Waals surface area contributed by atoms with E-state index in [9.17, 15) is 0 Å². The van der Waals surface area contributed by atoms with E-state index in [2.05, 4.69) is 18.3 Å². The zero-order chi connectivity index (χ0) is 10.1. The Balaban J connectivity index is 2.12. The number of unbranched alkanes of at least 4 members (excludes halogenated alkanes) is 2. The molecule has 75 valence electrons. The largest absolute Gasteiger partial charge is 0.391 e. The molecular weight excluding hydrogens is 174 g/mol. The summed E-state index contributed by atoms with van der Waals surface area (Å²) in [7, 11) is 0. The fraction of sp³-hybridized carbons (Fsp3) is 0.417. The molecule has 0 atom stereocenters. The molecule has 0 aromatic heterocycles. The van der Waals surface area contributed by atoms with E-state index in [1.807, 2.05) is 30.3 Å². The van der Waals surface area contributed by atoms with Crippen molar-refractivity contribution in [2.45, 2.75) is 32.8 Å². The lowest BCUT2D eigenvalue weighted by Gasteiger charge is -1.97. The van der Waals surface area contributed by atoms with Crippen molar-refractivity contribution in [3.8, 4) is 0 Å². The van der Waals surface area contributed by atoms with Crippen molar-refractivity contribution in [2.24, 2.45) is 5.16 Å². The summed E-state index contributed by atoms with van der Waals surface area (Å²) in [5.41, 5.74) is 1.13. The Morgan fingerprint density at radius 1 is 1.29 bits per heavy atom. The van der Waals surface area contributed by atoms with Gasteiger partial charge in [-0.15, -0.1) is 0 Å². The van der Waals surface area contributed by atoms with Gasteiger partial charge in [0.1, 0.15) is 12.8 Å².